The first kappa shape index (κ1) is 11.8. The molecule has 1 aromatic rings. The smallest absolute Gasteiger partial charge is 0.0409 e. The van der Waals surface area contributed by atoms with Crippen LogP contribution in [0.1, 0.15) is 33.3 Å². The third-order valence-electron chi connectivity index (χ3n) is 3.61. The fourth-order valence-electron chi connectivity index (χ4n) is 1.97. The number of fused-ring (bicyclic) bond motifs is 1. The number of nitrogens with one attached hydrogen (secondary N) is 1. The maximum atomic E-state index is 3.56. The van der Waals surface area contributed by atoms with Crippen LogP contribution >= 0.6 is 24.0 Å². The van der Waals surface area contributed by atoms with E-state index in [1.807, 2.05) is 0 Å². The van der Waals surface area contributed by atoms with E-state index in [9.17, 15) is 0 Å². The van der Waals surface area contributed by atoms with Gasteiger partial charge in [0.2, 0.25) is 0 Å². The molecule has 1 N–H and O–H groups in total. The zero-order chi connectivity index (χ0) is 9.69. The lowest BCUT2D eigenvalue weighted by molar-refractivity contribution is 0.359. The van der Waals surface area contributed by atoms with Crippen molar-refractivity contribution in [1.82, 2.24) is 0 Å². The average molecular weight is 303 g/mol. The summed E-state index contributed by atoms with van der Waals surface area (Å²) in [5.41, 5.74) is 3.08. The van der Waals surface area contributed by atoms with E-state index in [1.54, 1.807) is 0 Å². The summed E-state index contributed by atoms with van der Waals surface area (Å²) in [7, 11) is 0. The van der Waals surface area contributed by atoms with Gasteiger partial charge in [-0.25, -0.2) is 0 Å². The van der Waals surface area contributed by atoms with E-state index in [1.165, 1.54) is 11.3 Å². The lowest BCUT2D eigenvalue weighted by Gasteiger charge is -2.35. The first-order valence-electron chi connectivity index (χ1n) is 4.83. The SMILES string of the molecule is CC1(C)Nc2ccccc2C1(C)C.I. The summed E-state index contributed by atoms with van der Waals surface area (Å²) < 4.78 is 0. The lowest BCUT2D eigenvalue weighted by Crippen LogP contribution is -2.43. The highest BCUT2D eigenvalue weighted by Gasteiger charge is 2.44. The molecule has 0 atom stereocenters. The number of benzene rings is 1. The summed E-state index contributed by atoms with van der Waals surface area (Å²) in [5, 5.41) is 3.56. The van der Waals surface area contributed by atoms with Gasteiger partial charge in [-0.2, -0.15) is 0 Å². The maximum absolute atomic E-state index is 3.56. The molecule has 2 heteroatoms. The van der Waals surface area contributed by atoms with Crippen molar-refractivity contribution in [3.8, 4) is 0 Å². The fraction of sp³-hybridized carbons (Fsp3) is 0.500. The molecule has 2 rings (SSSR count). The number of anilines is 1. The minimum Gasteiger partial charge on any atom is -0.379 e. The first-order chi connectivity index (χ1) is 5.95. The van der Waals surface area contributed by atoms with E-state index in [-0.39, 0.29) is 34.9 Å². The second kappa shape index (κ2) is 3.40. The first-order valence-corrected chi connectivity index (χ1v) is 4.83. The Morgan fingerprint density at radius 2 is 1.57 bits per heavy atom. The van der Waals surface area contributed by atoms with Crippen LogP contribution in [0.5, 0.6) is 0 Å². The zero-order valence-electron chi connectivity index (χ0n) is 9.22. The maximum Gasteiger partial charge on any atom is 0.0409 e. The van der Waals surface area contributed by atoms with Crippen LogP contribution in [0.25, 0.3) is 0 Å². The molecule has 0 radical (unpaired) electrons. The van der Waals surface area contributed by atoms with E-state index < -0.39 is 0 Å². The molecule has 1 heterocycles. The highest BCUT2D eigenvalue weighted by Crippen LogP contribution is 2.46. The van der Waals surface area contributed by atoms with E-state index >= 15 is 0 Å². The number of halogens is 1. The van der Waals surface area contributed by atoms with E-state index in [4.69, 9.17) is 0 Å². The molecule has 0 aliphatic carbocycles. The molecule has 0 saturated heterocycles. The average Bonchev–Trinajstić information content (AvgIpc) is 2.20. The Kier molecular flexibility index (Phi) is 2.87. The molecule has 1 aromatic carbocycles. The third kappa shape index (κ3) is 1.44. The monoisotopic (exact) mass is 303 g/mol. The van der Waals surface area contributed by atoms with Gasteiger partial charge in [-0.15, -0.1) is 24.0 Å². The number of rotatable bonds is 0. The Bertz CT molecular complexity index is 342. The van der Waals surface area contributed by atoms with Gasteiger partial charge in [0.05, 0.1) is 0 Å². The predicted octanol–water partition coefficient (Wildman–Crippen LogP) is 3.79. The van der Waals surface area contributed by atoms with E-state index in [0.29, 0.717) is 0 Å². The Balaban J connectivity index is 0.000000980. The van der Waals surface area contributed by atoms with Gasteiger partial charge in [0.15, 0.2) is 0 Å². The van der Waals surface area contributed by atoms with Crippen molar-refractivity contribution in [3.63, 3.8) is 0 Å². The highest BCUT2D eigenvalue weighted by molar-refractivity contribution is 14.0. The van der Waals surface area contributed by atoms with Gasteiger partial charge in [-0.05, 0) is 25.5 Å². The minimum absolute atomic E-state index is 0. The van der Waals surface area contributed by atoms with Crippen molar-refractivity contribution in [2.24, 2.45) is 0 Å². The van der Waals surface area contributed by atoms with Gasteiger partial charge in [0.25, 0.3) is 0 Å². The van der Waals surface area contributed by atoms with Crippen molar-refractivity contribution in [2.75, 3.05) is 5.32 Å². The molecular weight excluding hydrogens is 285 g/mol. The molecule has 0 amide bonds. The van der Waals surface area contributed by atoms with Gasteiger partial charge in [0.1, 0.15) is 0 Å². The number of para-hydroxylation sites is 1. The third-order valence-corrected chi connectivity index (χ3v) is 3.61. The largest absolute Gasteiger partial charge is 0.379 e. The molecular formula is C12H18IN. The van der Waals surface area contributed by atoms with E-state index in [2.05, 4.69) is 57.3 Å². The standard InChI is InChI=1S/C12H17N.HI/c1-11(2)9-7-5-6-8-10(9)13-12(11,3)4;/h5-8,13H,1-4H3;1H. The Morgan fingerprint density at radius 1 is 1.00 bits per heavy atom. The molecule has 0 spiro atoms. The van der Waals surface area contributed by atoms with Gasteiger partial charge < -0.3 is 5.32 Å². The lowest BCUT2D eigenvalue weighted by atomic mass is 9.73. The zero-order valence-corrected chi connectivity index (χ0v) is 11.5. The summed E-state index contributed by atoms with van der Waals surface area (Å²) in [6.07, 6.45) is 0. The van der Waals surface area contributed by atoms with Crippen LogP contribution in [-0.2, 0) is 5.41 Å². The molecule has 0 saturated carbocycles. The summed E-state index contributed by atoms with van der Waals surface area (Å²) in [6, 6.07) is 8.58. The van der Waals surface area contributed by atoms with Crippen molar-refractivity contribution in [2.45, 2.75) is 38.6 Å². The van der Waals surface area contributed by atoms with Gasteiger partial charge in [-0.1, -0.05) is 32.0 Å². The van der Waals surface area contributed by atoms with Gasteiger partial charge in [0, 0.05) is 16.6 Å². The summed E-state index contributed by atoms with van der Waals surface area (Å²) in [6.45, 7) is 9.11. The normalized spacial score (nSPS) is 20.6. The second-order valence-electron chi connectivity index (χ2n) is 4.92. The van der Waals surface area contributed by atoms with Crippen molar-refractivity contribution >= 4 is 29.7 Å². The number of hydrogen-bond acceptors (Lipinski definition) is 1. The molecule has 78 valence electrons. The number of hydrogen-bond donors (Lipinski definition) is 1. The van der Waals surface area contributed by atoms with Crippen LogP contribution in [0, 0.1) is 0 Å². The molecule has 1 aliphatic rings. The quantitative estimate of drug-likeness (QED) is 0.719. The minimum atomic E-state index is 0. The molecule has 1 nitrogen and oxygen atoms in total. The topological polar surface area (TPSA) is 12.0 Å². The van der Waals surface area contributed by atoms with Crippen molar-refractivity contribution in [1.29, 1.82) is 0 Å². The summed E-state index contributed by atoms with van der Waals surface area (Å²) >= 11 is 0. The van der Waals surface area contributed by atoms with Crippen molar-refractivity contribution in [3.05, 3.63) is 29.8 Å². The fourth-order valence-corrected chi connectivity index (χ4v) is 1.97. The highest BCUT2D eigenvalue weighted by atomic mass is 127. The molecule has 0 bridgehead atoms. The van der Waals surface area contributed by atoms with Crippen LogP contribution in [0.4, 0.5) is 5.69 Å². The second-order valence-corrected chi connectivity index (χ2v) is 4.92. The molecule has 0 unspecified atom stereocenters. The van der Waals surface area contributed by atoms with Gasteiger partial charge >= 0.3 is 0 Å². The Morgan fingerprint density at radius 3 is 2.14 bits per heavy atom. The van der Waals surface area contributed by atoms with Crippen molar-refractivity contribution < 1.29 is 0 Å². The van der Waals surface area contributed by atoms with Crippen LogP contribution in [0.3, 0.4) is 0 Å². The molecule has 0 fully saturated rings. The predicted molar refractivity (Wildman–Crippen MR) is 72.6 cm³/mol. The van der Waals surface area contributed by atoms with Crippen LogP contribution in [-0.4, -0.2) is 5.54 Å². The van der Waals surface area contributed by atoms with E-state index in [0.717, 1.165) is 0 Å². The molecule has 14 heavy (non-hydrogen) atoms. The summed E-state index contributed by atoms with van der Waals surface area (Å²) in [4.78, 5) is 0. The van der Waals surface area contributed by atoms with Crippen LogP contribution < -0.4 is 5.32 Å². The molecule has 1 aliphatic heterocycles. The van der Waals surface area contributed by atoms with Crippen LogP contribution in [0.15, 0.2) is 24.3 Å². The van der Waals surface area contributed by atoms with Crippen LogP contribution in [0.2, 0.25) is 0 Å². The Hall–Kier alpha value is -0.250. The summed E-state index contributed by atoms with van der Waals surface area (Å²) in [5.74, 6) is 0. The molecule has 0 aromatic heterocycles. The Labute approximate surface area is 103 Å². The van der Waals surface area contributed by atoms with Gasteiger partial charge in [-0.3, -0.25) is 0 Å².